The Bertz CT molecular complexity index is 653. The standard InChI is InChI=1S/C16H16N2O2/c1-20-15-8-3-2-7-14(15)18-16(19)12-6-4-5-11-9-17-10-13(11)12/h2-8,17H,9-10H2,1H3,(H,18,19). The summed E-state index contributed by atoms with van der Waals surface area (Å²) in [6.45, 7) is 1.57. The van der Waals surface area contributed by atoms with Crippen molar-refractivity contribution in [2.24, 2.45) is 0 Å². The van der Waals surface area contributed by atoms with Gasteiger partial charge in [-0.05, 0) is 29.3 Å². The molecule has 0 atom stereocenters. The van der Waals surface area contributed by atoms with E-state index < -0.39 is 0 Å². The quantitative estimate of drug-likeness (QED) is 0.899. The molecule has 0 aromatic heterocycles. The number of carbonyl (C=O) groups is 1. The molecule has 0 spiro atoms. The van der Waals surface area contributed by atoms with Gasteiger partial charge in [-0.25, -0.2) is 0 Å². The predicted octanol–water partition coefficient (Wildman–Crippen LogP) is 2.55. The molecule has 4 nitrogen and oxygen atoms in total. The summed E-state index contributed by atoms with van der Waals surface area (Å²) >= 11 is 0. The van der Waals surface area contributed by atoms with Crippen LogP contribution >= 0.6 is 0 Å². The van der Waals surface area contributed by atoms with Gasteiger partial charge in [0.2, 0.25) is 0 Å². The number of benzene rings is 2. The summed E-state index contributed by atoms with van der Waals surface area (Å²) in [5.74, 6) is 0.557. The summed E-state index contributed by atoms with van der Waals surface area (Å²) < 4.78 is 5.25. The van der Waals surface area contributed by atoms with E-state index in [9.17, 15) is 4.79 Å². The van der Waals surface area contributed by atoms with E-state index in [0.717, 1.165) is 24.2 Å². The molecule has 3 rings (SSSR count). The Kier molecular flexibility index (Phi) is 3.39. The summed E-state index contributed by atoms with van der Waals surface area (Å²) in [7, 11) is 1.59. The lowest BCUT2D eigenvalue weighted by Crippen LogP contribution is -2.15. The first kappa shape index (κ1) is 12.7. The highest BCUT2D eigenvalue weighted by Gasteiger charge is 2.19. The minimum absolute atomic E-state index is 0.102. The van der Waals surface area contributed by atoms with Gasteiger partial charge in [0, 0.05) is 18.7 Å². The van der Waals surface area contributed by atoms with E-state index >= 15 is 0 Å². The van der Waals surface area contributed by atoms with Crippen LogP contribution in [0.2, 0.25) is 0 Å². The summed E-state index contributed by atoms with van der Waals surface area (Å²) in [5, 5.41) is 6.18. The fourth-order valence-corrected chi connectivity index (χ4v) is 2.48. The van der Waals surface area contributed by atoms with Crippen LogP contribution in [-0.2, 0) is 13.1 Å². The van der Waals surface area contributed by atoms with Crippen LogP contribution in [0.25, 0.3) is 0 Å². The average Bonchev–Trinajstić information content (AvgIpc) is 2.96. The lowest BCUT2D eigenvalue weighted by atomic mass is 10.0. The van der Waals surface area contributed by atoms with Gasteiger partial charge in [-0.2, -0.15) is 0 Å². The molecule has 0 aliphatic carbocycles. The van der Waals surface area contributed by atoms with Crippen molar-refractivity contribution in [3.05, 3.63) is 59.2 Å². The monoisotopic (exact) mass is 268 g/mol. The molecule has 20 heavy (non-hydrogen) atoms. The van der Waals surface area contributed by atoms with Gasteiger partial charge in [-0.1, -0.05) is 24.3 Å². The number of anilines is 1. The van der Waals surface area contributed by atoms with E-state index in [0.29, 0.717) is 11.4 Å². The minimum Gasteiger partial charge on any atom is -0.495 e. The number of carbonyl (C=O) groups excluding carboxylic acids is 1. The van der Waals surface area contributed by atoms with Crippen LogP contribution < -0.4 is 15.4 Å². The van der Waals surface area contributed by atoms with Crippen LogP contribution in [0.1, 0.15) is 21.5 Å². The number of fused-ring (bicyclic) bond motifs is 1. The maximum atomic E-state index is 12.4. The second kappa shape index (κ2) is 5.35. The summed E-state index contributed by atoms with van der Waals surface area (Å²) in [6, 6.07) is 13.2. The summed E-state index contributed by atoms with van der Waals surface area (Å²) in [4.78, 5) is 12.4. The molecular weight excluding hydrogens is 252 g/mol. The van der Waals surface area contributed by atoms with Gasteiger partial charge in [0.25, 0.3) is 5.91 Å². The first-order valence-corrected chi connectivity index (χ1v) is 6.55. The highest BCUT2D eigenvalue weighted by Crippen LogP contribution is 2.25. The van der Waals surface area contributed by atoms with E-state index in [1.165, 1.54) is 5.56 Å². The molecule has 1 aliphatic rings. The largest absolute Gasteiger partial charge is 0.495 e. The van der Waals surface area contributed by atoms with Crippen LogP contribution in [0.5, 0.6) is 5.75 Å². The van der Waals surface area contributed by atoms with Crippen molar-refractivity contribution in [1.82, 2.24) is 5.32 Å². The second-order valence-electron chi connectivity index (χ2n) is 4.70. The summed E-state index contributed by atoms with van der Waals surface area (Å²) in [5.41, 5.74) is 3.68. The number of hydrogen-bond donors (Lipinski definition) is 2. The smallest absolute Gasteiger partial charge is 0.256 e. The van der Waals surface area contributed by atoms with Crippen molar-refractivity contribution in [3.63, 3.8) is 0 Å². The van der Waals surface area contributed by atoms with Crippen LogP contribution in [0, 0.1) is 0 Å². The lowest BCUT2D eigenvalue weighted by molar-refractivity contribution is 0.102. The summed E-state index contributed by atoms with van der Waals surface area (Å²) in [6.07, 6.45) is 0. The van der Waals surface area contributed by atoms with Crippen LogP contribution in [-0.4, -0.2) is 13.0 Å². The van der Waals surface area contributed by atoms with Crippen molar-refractivity contribution in [2.45, 2.75) is 13.1 Å². The Morgan fingerprint density at radius 1 is 1.15 bits per heavy atom. The highest BCUT2D eigenvalue weighted by atomic mass is 16.5. The molecule has 0 unspecified atom stereocenters. The Hall–Kier alpha value is -2.33. The van der Waals surface area contributed by atoms with E-state index in [1.54, 1.807) is 7.11 Å². The molecule has 1 aliphatic heterocycles. The van der Waals surface area contributed by atoms with Gasteiger partial charge >= 0.3 is 0 Å². The number of nitrogens with one attached hydrogen (secondary N) is 2. The van der Waals surface area contributed by atoms with Crippen LogP contribution in [0.3, 0.4) is 0 Å². The zero-order valence-corrected chi connectivity index (χ0v) is 11.3. The van der Waals surface area contributed by atoms with Crippen LogP contribution in [0.4, 0.5) is 5.69 Å². The molecule has 0 saturated carbocycles. The molecule has 2 N–H and O–H groups in total. The third-order valence-electron chi connectivity index (χ3n) is 3.49. The predicted molar refractivity (Wildman–Crippen MR) is 77.9 cm³/mol. The molecule has 2 aromatic carbocycles. The maximum Gasteiger partial charge on any atom is 0.256 e. The van der Waals surface area contributed by atoms with Crippen molar-refractivity contribution in [1.29, 1.82) is 0 Å². The minimum atomic E-state index is -0.102. The number of methoxy groups -OCH3 is 1. The number of rotatable bonds is 3. The Morgan fingerprint density at radius 3 is 2.85 bits per heavy atom. The van der Waals surface area contributed by atoms with E-state index in [1.807, 2.05) is 36.4 Å². The fraction of sp³-hybridized carbons (Fsp3) is 0.188. The third kappa shape index (κ3) is 2.26. The number of hydrogen-bond acceptors (Lipinski definition) is 3. The van der Waals surface area contributed by atoms with Crippen molar-refractivity contribution in [3.8, 4) is 5.75 Å². The van der Waals surface area contributed by atoms with Gasteiger partial charge < -0.3 is 15.4 Å². The van der Waals surface area contributed by atoms with Crippen molar-refractivity contribution < 1.29 is 9.53 Å². The zero-order valence-electron chi connectivity index (χ0n) is 11.3. The highest BCUT2D eigenvalue weighted by molar-refractivity contribution is 6.06. The second-order valence-corrected chi connectivity index (χ2v) is 4.70. The molecule has 0 radical (unpaired) electrons. The van der Waals surface area contributed by atoms with Crippen molar-refractivity contribution in [2.75, 3.05) is 12.4 Å². The molecule has 102 valence electrons. The van der Waals surface area contributed by atoms with Crippen LogP contribution in [0.15, 0.2) is 42.5 Å². The maximum absolute atomic E-state index is 12.4. The number of ether oxygens (including phenoxy) is 1. The van der Waals surface area contributed by atoms with Gasteiger partial charge in [-0.3, -0.25) is 4.79 Å². The van der Waals surface area contributed by atoms with E-state index in [-0.39, 0.29) is 5.91 Å². The number of para-hydroxylation sites is 2. The van der Waals surface area contributed by atoms with Gasteiger partial charge in [0.15, 0.2) is 0 Å². The molecule has 0 saturated heterocycles. The van der Waals surface area contributed by atoms with Crippen molar-refractivity contribution >= 4 is 11.6 Å². The fourth-order valence-electron chi connectivity index (χ4n) is 2.48. The van der Waals surface area contributed by atoms with Gasteiger partial charge in [0.05, 0.1) is 12.8 Å². The molecular formula is C16H16N2O2. The molecule has 2 aromatic rings. The first-order valence-electron chi connectivity index (χ1n) is 6.55. The number of amides is 1. The average molecular weight is 268 g/mol. The Morgan fingerprint density at radius 2 is 2.00 bits per heavy atom. The molecule has 4 heteroatoms. The lowest BCUT2D eigenvalue weighted by Gasteiger charge is -2.11. The molecule has 1 amide bonds. The first-order chi connectivity index (χ1) is 9.79. The molecule has 1 heterocycles. The van der Waals surface area contributed by atoms with Gasteiger partial charge in [0.1, 0.15) is 5.75 Å². The SMILES string of the molecule is COc1ccccc1NC(=O)c1cccc2c1CNC2. The Balaban J connectivity index is 1.89. The topological polar surface area (TPSA) is 50.4 Å². The normalized spacial score (nSPS) is 12.8. The third-order valence-corrected chi connectivity index (χ3v) is 3.49. The van der Waals surface area contributed by atoms with E-state index in [4.69, 9.17) is 4.74 Å². The van der Waals surface area contributed by atoms with Gasteiger partial charge in [-0.15, -0.1) is 0 Å². The Labute approximate surface area is 117 Å². The molecule has 0 bridgehead atoms. The zero-order chi connectivity index (χ0) is 13.9. The van der Waals surface area contributed by atoms with E-state index in [2.05, 4.69) is 16.7 Å². The molecule has 0 fully saturated rings.